The van der Waals surface area contributed by atoms with Crippen LogP contribution < -0.4 is 9.47 Å². The second kappa shape index (κ2) is 6.34. The van der Waals surface area contributed by atoms with Gasteiger partial charge in [0.25, 0.3) is 5.91 Å². The van der Waals surface area contributed by atoms with Crippen molar-refractivity contribution in [3.8, 4) is 11.5 Å². The van der Waals surface area contributed by atoms with Gasteiger partial charge in [0.15, 0.2) is 11.5 Å². The Hall–Kier alpha value is -2.50. The molecule has 0 spiro atoms. The van der Waals surface area contributed by atoms with E-state index in [4.69, 9.17) is 9.47 Å². The highest BCUT2D eigenvalue weighted by Gasteiger charge is 2.31. The normalized spacial score (nSPS) is 19.5. The third-order valence-electron chi connectivity index (χ3n) is 5.79. The Morgan fingerprint density at radius 3 is 2.92 bits per heavy atom. The number of hydrogen-bond acceptors (Lipinski definition) is 4. The van der Waals surface area contributed by atoms with Crippen LogP contribution in [-0.4, -0.2) is 40.8 Å². The van der Waals surface area contributed by atoms with Gasteiger partial charge in [0.2, 0.25) is 0 Å². The minimum absolute atomic E-state index is 0.0107. The van der Waals surface area contributed by atoms with Crippen molar-refractivity contribution in [2.45, 2.75) is 44.6 Å². The van der Waals surface area contributed by atoms with Crippen molar-refractivity contribution >= 4 is 5.91 Å². The monoisotopic (exact) mass is 353 g/mol. The molecule has 2 aliphatic heterocycles. The highest BCUT2D eigenvalue weighted by atomic mass is 16.6. The summed E-state index contributed by atoms with van der Waals surface area (Å²) in [7, 11) is 0. The highest BCUT2D eigenvalue weighted by molar-refractivity contribution is 5.98. The first kappa shape index (κ1) is 15.7. The molecule has 3 heterocycles. The Bertz CT molecular complexity index is 839. The molecular formula is C20H23N3O3. The van der Waals surface area contributed by atoms with Gasteiger partial charge < -0.3 is 14.4 Å². The fourth-order valence-corrected chi connectivity index (χ4v) is 4.44. The third kappa shape index (κ3) is 2.55. The van der Waals surface area contributed by atoms with Crippen LogP contribution in [0, 0.1) is 0 Å². The SMILES string of the molecule is O=C(c1cccc2c1OCCO2)N1CCc2[nH]nc(C3CCCC3)c2C1. The standard InChI is InChI=1S/C20H23N3O3/c24-20(14-6-3-7-17-19(14)26-11-10-25-17)23-9-8-16-15(12-23)18(22-21-16)13-4-1-2-5-13/h3,6-7,13H,1-2,4-5,8-12H2,(H,21,22). The molecular weight excluding hydrogens is 330 g/mol. The van der Waals surface area contributed by atoms with Gasteiger partial charge in [0.1, 0.15) is 13.2 Å². The fourth-order valence-electron chi connectivity index (χ4n) is 4.44. The van der Waals surface area contributed by atoms with Gasteiger partial charge in [0.05, 0.1) is 11.3 Å². The van der Waals surface area contributed by atoms with E-state index >= 15 is 0 Å². The molecule has 0 unspecified atom stereocenters. The predicted molar refractivity (Wildman–Crippen MR) is 95.7 cm³/mol. The maximum absolute atomic E-state index is 13.2. The molecule has 1 fully saturated rings. The quantitative estimate of drug-likeness (QED) is 0.901. The van der Waals surface area contributed by atoms with Gasteiger partial charge in [-0.05, 0) is 25.0 Å². The van der Waals surface area contributed by atoms with Crippen LogP contribution in [0.1, 0.15) is 58.9 Å². The number of aromatic nitrogens is 2. The summed E-state index contributed by atoms with van der Waals surface area (Å²) in [5.74, 6) is 1.80. The average molecular weight is 353 g/mol. The fraction of sp³-hybridized carbons (Fsp3) is 0.500. The maximum Gasteiger partial charge on any atom is 0.258 e. The summed E-state index contributed by atoms with van der Waals surface area (Å²) < 4.78 is 11.4. The summed E-state index contributed by atoms with van der Waals surface area (Å²) in [5.41, 5.74) is 4.21. The minimum Gasteiger partial charge on any atom is -0.486 e. The molecule has 0 saturated heterocycles. The summed E-state index contributed by atoms with van der Waals surface area (Å²) in [5, 5.41) is 7.83. The van der Waals surface area contributed by atoms with Crippen LogP contribution in [0.2, 0.25) is 0 Å². The number of para-hydroxylation sites is 1. The lowest BCUT2D eigenvalue weighted by Crippen LogP contribution is -2.36. The largest absolute Gasteiger partial charge is 0.486 e. The molecule has 1 amide bonds. The first-order valence-corrected chi connectivity index (χ1v) is 9.55. The zero-order chi connectivity index (χ0) is 17.5. The number of amides is 1. The number of benzene rings is 1. The molecule has 0 radical (unpaired) electrons. The number of nitrogens with one attached hydrogen (secondary N) is 1. The Labute approximate surface area is 152 Å². The molecule has 2 aromatic rings. The van der Waals surface area contributed by atoms with Crippen LogP contribution in [0.5, 0.6) is 11.5 Å². The number of carbonyl (C=O) groups excluding carboxylic acids is 1. The molecule has 0 bridgehead atoms. The van der Waals surface area contributed by atoms with Gasteiger partial charge in [-0.3, -0.25) is 9.89 Å². The average Bonchev–Trinajstić information content (AvgIpc) is 3.35. The van der Waals surface area contributed by atoms with Crippen molar-refractivity contribution in [1.29, 1.82) is 0 Å². The van der Waals surface area contributed by atoms with E-state index in [0.29, 0.717) is 49.3 Å². The lowest BCUT2D eigenvalue weighted by molar-refractivity contribution is 0.0723. The van der Waals surface area contributed by atoms with Crippen molar-refractivity contribution in [1.82, 2.24) is 15.1 Å². The van der Waals surface area contributed by atoms with Gasteiger partial charge in [-0.2, -0.15) is 5.10 Å². The van der Waals surface area contributed by atoms with E-state index in [1.54, 1.807) is 0 Å². The number of carbonyl (C=O) groups is 1. The first-order valence-electron chi connectivity index (χ1n) is 9.55. The molecule has 1 N–H and O–H groups in total. The molecule has 1 saturated carbocycles. The summed E-state index contributed by atoms with van der Waals surface area (Å²) in [6.45, 7) is 2.33. The van der Waals surface area contributed by atoms with E-state index in [9.17, 15) is 4.79 Å². The van der Waals surface area contributed by atoms with Gasteiger partial charge in [-0.15, -0.1) is 0 Å². The number of aromatic amines is 1. The van der Waals surface area contributed by atoms with E-state index in [1.165, 1.54) is 42.6 Å². The molecule has 6 nitrogen and oxygen atoms in total. The van der Waals surface area contributed by atoms with E-state index < -0.39 is 0 Å². The molecule has 1 aromatic carbocycles. The van der Waals surface area contributed by atoms with Gasteiger partial charge >= 0.3 is 0 Å². The van der Waals surface area contributed by atoms with Gasteiger partial charge in [-0.1, -0.05) is 18.9 Å². The number of H-pyrrole nitrogens is 1. The molecule has 1 aromatic heterocycles. The topological polar surface area (TPSA) is 67.5 Å². The highest BCUT2D eigenvalue weighted by Crippen LogP contribution is 2.38. The number of hydrogen-bond donors (Lipinski definition) is 1. The van der Waals surface area contributed by atoms with Crippen LogP contribution in [0.3, 0.4) is 0 Å². The van der Waals surface area contributed by atoms with Crippen LogP contribution in [0.4, 0.5) is 0 Å². The van der Waals surface area contributed by atoms with Crippen LogP contribution in [0.25, 0.3) is 0 Å². The lowest BCUT2D eigenvalue weighted by Gasteiger charge is -2.29. The number of ether oxygens (including phenoxy) is 2. The molecule has 3 aliphatic rings. The van der Waals surface area contributed by atoms with E-state index in [2.05, 4.69) is 10.2 Å². The summed E-state index contributed by atoms with van der Waals surface area (Å²) in [6.07, 6.45) is 5.81. The second-order valence-corrected chi connectivity index (χ2v) is 7.35. The third-order valence-corrected chi connectivity index (χ3v) is 5.79. The van der Waals surface area contributed by atoms with Crippen LogP contribution >= 0.6 is 0 Å². The Morgan fingerprint density at radius 2 is 2.04 bits per heavy atom. The Morgan fingerprint density at radius 1 is 1.19 bits per heavy atom. The summed E-state index contributed by atoms with van der Waals surface area (Å²) >= 11 is 0. The van der Waals surface area contributed by atoms with E-state index in [0.717, 1.165) is 6.42 Å². The van der Waals surface area contributed by atoms with Crippen molar-refractivity contribution in [3.63, 3.8) is 0 Å². The lowest BCUT2D eigenvalue weighted by atomic mass is 9.95. The van der Waals surface area contributed by atoms with Crippen molar-refractivity contribution in [3.05, 3.63) is 40.7 Å². The minimum atomic E-state index is 0.0107. The number of rotatable bonds is 2. The number of nitrogens with zero attached hydrogens (tertiary/aromatic N) is 2. The van der Waals surface area contributed by atoms with Crippen molar-refractivity contribution in [2.75, 3.05) is 19.8 Å². The maximum atomic E-state index is 13.2. The Kier molecular flexibility index (Phi) is 3.84. The summed E-state index contributed by atoms with van der Waals surface area (Å²) in [4.78, 5) is 15.1. The Balaban J connectivity index is 1.43. The molecule has 1 aliphatic carbocycles. The second-order valence-electron chi connectivity index (χ2n) is 7.35. The number of fused-ring (bicyclic) bond motifs is 2. The van der Waals surface area contributed by atoms with Gasteiger partial charge in [0, 0.05) is 36.7 Å². The van der Waals surface area contributed by atoms with Crippen LogP contribution in [0.15, 0.2) is 18.2 Å². The first-order chi connectivity index (χ1) is 12.8. The predicted octanol–water partition coefficient (Wildman–Crippen LogP) is 3.04. The van der Waals surface area contributed by atoms with Gasteiger partial charge in [-0.25, -0.2) is 0 Å². The zero-order valence-corrected chi connectivity index (χ0v) is 14.8. The molecule has 6 heteroatoms. The van der Waals surface area contributed by atoms with Crippen LogP contribution in [-0.2, 0) is 13.0 Å². The van der Waals surface area contributed by atoms with Crippen molar-refractivity contribution in [2.24, 2.45) is 0 Å². The molecule has 136 valence electrons. The molecule has 26 heavy (non-hydrogen) atoms. The summed E-state index contributed by atoms with van der Waals surface area (Å²) in [6, 6.07) is 5.55. The molecule has 5 rings (SSSR count). The molecule has 0 atom stereocenters. The van der Waals surface area contributed by atoms with Crippen molar-refractivity contribution < 1.29 is 14.3 Å². The zero-order valence-electron chi connectivity index (χ0n) is 14.8. The van der Waals surface area contributed by atoms with E-state index in [1.807, 2.05) is 23.1 Å². The van der Waals surface area contributed by atoms with E-state index in [-0.39, 0.29) is 5.91 Å². The smallest absolute Gasteiger partial charge is 0.258 e.